The molecular formula is C14H24N2O3. The quantitative estimate of drug-likeness (QED) is 0.771. The van der Waals surface area contributed by atoms with Gasteiger partial charge >= 0.3 is 5.97 Å². The van der Waals surface area contributed by atoms with Gasteiger partial charge in [0.05, 0.1) is 7.11 Å². The molecular weight excluding hydrogens is 244 g/mol. The number of nitrogens with zero attached hydrogens (tertiary/aromatic N) is 1. The number of rotatable bonds is 4. The fraction of sp³-hybridized carbons (Fsp3) is 0.857. The lowest BCUT2D eigenvalue weighted by Crippen LogP contribution is -2.55. The summed E-state index contributed by atoms with van der Waals surface area (Å²) in [6, 6.07) is 0.818. The van der Waals surface area contributed by atoms with Crippen LogP contribution in [-0.2, 0) is 14.3 Å². The summed E-state index contributed by atoms with van der Waals surface area (Å²) in [6.07, 6.45) is 5.12. The van der Waals surface area contributed by atoms with E-state index in [1.54, 1.807) is 6.92 Å². The number of ether oxygens (including phenoxy) is 1. The van der Waals surface area contributed by atoms with Gasteiger partial charge in [0.2, 0.25) is 5.91 Å². The predicted molar refractivity (Wildman–Crippen MR) is 71.6 cm³/mol. The maximum Gasteiger partial charge on any atom is 0.305 e. The fourth-order valence-electron chi connectivity index (χ4n) is 3.15. The van der Waals surface area contributed by atoms with Crippen LogP contribution in [0.1, 0.15) is 39.0 Å². The Morgan fingerprint density at radius 2 is 2.05 bits per heavy atom. The van der Waals surface area contributed by atoms with Gasteiger partial charge in [0.25, 0.3) is 0 Å². The van der Waals surface area contributed by atoms with E-state index in [0.717, 1.165) is 19.5 Å². The molecule has 1 aliphatic heterocycles. The molecule has 0 aromatic carbocycles. The number of piperidine rings is 1. The number of methoxy groups -OCH3 is 1. The van der Waals surface area contributed by atoms with Crippen LogP contribution >= 0.6 is 0 Å². The molecule has 1 aliphatic carbocycles. The van der Waals surface area contributed by atoms with Crippen LogP contribution in [0.3, 0.4) is 0 Å². The van der Waals surface area contributed by atoms with Crippen molar-refractivity contribution in [3.8, 4) is 0 Å². The van der Waals surface area contributed by atoms with Gasteiger partial charge in [-0.1, -0.05) is 6.42 Å². The molecule has 19 heavy (non-hydrogen) atoms. The van der Waals surface area contributed by atoms with Crippen molar-refractivity contribution >= 4 is 11.9 Å². The molecule has 2 rings (SSSR count). The van der Waals surface area contributed by atoms with E-state index < -0.39 is 0 Å². The number of hydrogen-bond acceptors (Lipinski definition) is 4. The number of hydrogen-bond donors (Lipinski definition) is 1. The molecule has 1 saturated carbocycles. The van der Waals surface area contributed by atoms with E-state index in [1.165, 1.54) is 26.4 Å². The first kappa shape index (κ1) is 14.3. The molecule has 0 aromatic rings. The van der Waals surface area contributed by atoms with Crippen molar-refractivity contribution in [2.75, 3.05) is 20.2 Å². The molecule has 0 bridgehead atoms. The molecule has 2 aliphatic rings. The van der Waals surface area contributed by atoms with Gasteiger partial charge in [0.15, 0.2) is 0 Å². The van der Waals surface area contributed by atoms with E-state index in [2.05, 4.69) is 10.2 Å². The van der Waals surface area contributed by atoms with Crippen LogP contribution in [0.25, 0.3) is 0 Å². The van der Waals surface area contributed by atoms with Crippen LogP contribution in [-0.4, -0.2) is 49.1 Å². The lowest BCUT2D eigenvalue weighted by atomic mass is 9.85. The first-order chi connectivity index (χ1) is 9.08. The number of nitrogens with one attached hydrogen (secondary N) is 1. The van der Waals surface area contributed by atoms with Crippen LogP contribution in [0, 0.1) is 5.92 Å². The van der Waals surface area contributed by atoms with Gasteiger partial charge in [-0.2, -0.15) is 0 Å². The van der Waals surface area contributed by atoms with Gasteiger partial charge in [-0.05, 0) is 25.2 Å². The second kappa shape index (κ2) is 6.37. The molecule has 0 aromatic heterocycles. The van der Waals surface area contributed by atoms with Crippen molar-refractivity contribution < 1.29 is 14.3 Å². The number of esters is 1. The number of carbonyl (C=O) groups is 2. The number of carbonyl (C=O) groups excluding carboxylic acids is 2. The number of amides is 1. The highest BCUT2D eigenvalue weighted by Gasteiger charge is 2.34. The van der Waals surface area contributed by atoms with Gasteiger partial charge in [0, 0.05) is 38.5 Å². The topological polar surface area (TPSA) is 58.6 Å². The maximum atomic E-state index is 11.4. The summed E-state index contributed by atoms with van der Waals surface area (Å²) in [5.74, 6) is 0.151. The van der Waals surface area contributed by atoms with Gasteiger partial charge in [-0.25, -0.2) is 0 Å². The van der Waals surface area contributed by atoms with Crippen LogP contribution in [0.5, 0.6) is 0 Å². The summed E-state index contributed by atoms with van der Waals surface area (Å²) in [5, 5.41) is 3.00. The summed E-state index contributed by atoms with van der Waals surface area (Å²) in [4.78, 5) is 25.1. The molecule has 1 heterocycles. The van der Waals surface area contributed by atoms with E-state index in [0.29, 0.717) is 18.4 Å². The first-order valence-corrected chi connectivity index (χ1v) is 7.16. The third-order valence-electron chi connectivity index (χ3n) is 4.25. The molecule has 2 atom stereocenters. The number of likely N-dealkylation sites (tertiary alicyclic amines) is 1. The van der Waals surface area contributed by atoms with E-state index in [1.807, 2.05) is 0 Å². The standard InChI is InChI=1S/C14H24N2O3/c1-10(17)15-12-6-11(7-14(18)19-2)8-16(9-12)13-4-3-5-13/h11-13H,3-9H2,1-2H3,(H,15,17). The molecule has 1 amide bonds. The maximum absolute atomic E-state index is 11.4. The summed E-state index contributed by atoms with van der Waals surface area (Å²) in [5.41, 5.74) is 0. The molecule has 1 saturated heterocycles. The first-order valence-electron chi connectivity index (χ1n) is 7.16. The second-order valence-corrected chi connectivity index (χ2v) is 5.82. The Labute approximate surface area is 114 Å². The van der Waals surface area contributed by atoms with Gasteiger partial charge in [-0.15, -0.1) is 0 Å². The normalized spacial score (nSPS) is 28.5. The van der Waals surface area contributed by atoms with Gasteiger partial charge in [-0.3, -0.25) is 14.5 Å². The fourth-order valence-corrected chi connectivity index (χ4v) is 3.15. The summed E-state index contributed by atoms with van der Waals surface area (Å²) < 4.78 is 4.76. The highest BCUT2D eigenvalue weighted by atomic mass is 16.5. The molecule has 2 unspecified atom stereocenters. The highest BCUT2D eigenvalue weighted by Crippen LogP contribution is 2.30. The Morgan fingerprint density at radius 1 is 1.32 bits per heavy atom. The van der Waals surface area contributed by atoms with Crippen molar-refractivity contribution in [2.24, 2.45) is 5.92 Å². The van der Waals surface area contributed by atoms with Crippen LogP contribution in [0.4, 0.5) is 0 Å². The second-order valence-electron chi connectivity index (χ2n) is 5.82. The van der Waals surface area contributed by atoms with Crippen molar-refractivity contribution in [1.29, 1.82) is 0 Å². The monoisotopic (exact) mass is 268 g/mol. The zero-order valence-corrected chi connectivity index (χ0v) is 11.9. The Morgan fingerprint density at radius 3 is 2.58 bits per heavy atom. The summed E-state index contributed by atoms with van der Waals surface area (Å²) in [7, 11) is 1.43. The minimum Gasteiger partial charge on any atom is -0.469 e. The van der Waals surface area contributed by atoms with Crippen LogP contribution in [0.2, 0.25) is 0 Å². The third kappa shape index (κ3) is 3.93. The van der Waals surface area contributed by atoms with E-state index >= 15 is 0 Å². The lowest BCUT2D eigenvalue weighted by molar-refractivity contribution is -0.142. The van der Waals surface area contributed by atoms with Crippen molar-refractivity contribution in [1.82, 2.24) is 10.2 Å². The van der Waals surface area contributed by atoms with Gasteiger partial charge in [0.1, 0.15) is 0 Å². The molecule has 0 spiro atoms. The minimum atomic E-state index is -0.151. The van der Waals surface area contributed by atoms with E-state index in [-0.39, 0.29) is 17.9 Å². The van der Waals surface area contributed by atoms with Gasteiger partial charge < -0.3 is 10.1 Å². The SMILES string of the molecule is COC(=O)CC1CC(NC(C)=O)CN(C2CCC2)C1. The summed E-state index contributed by atoms with van der Waals surface area (Å²) >= 11 is 0. The summed E-state index contributed by atoms with van der Waals surface area (Å²) in [6.45, 7) is 3.43. The Bertz CT molecular complexity index is 342. The van der Waals surface area contributed by atoms with E-state index in [4.69, 9.17) is 4.74 Å². The van der Waals surface area contributed by atoms with Crippen LogP contribution in [0.15, 0.2) is 0 Å². The average Bonchev–Trinajstić information content (AvgIpc) is 2.25. The molecule has 1 N–H and O–H groups in total. The Hall–Kier alpha value is -1.10. The Kier molecular flexibility index (Phi) is 4.80. The average molecular weight is 268 g/mol. The minimum absolute atomic E-state index is 0.0114. The zero-order valence-electron chi connectivity index (χ0n) is 11.9. The molecule has 108 valence electrons. The molecule has 5 heteroatoms. The molecule has 0 radical (unpaired) electrons. The Balaban J connectivity index is 1.94. The lowest BCUT2D eigenvalue weighted by Gasteiger charge is -2.45. The van der Waals surface area contributed by atoms with Crippen LogP contribution < -0.4 is 5.32 Å². The smallest absolute Gasteiger partial charge is 0.305 e. The van der Waals surface area contributed by atoms with Crippen molar-refractivity contribution in [2.45, 2.75) is 51.1 Å². The van der Waals surface area contributed by atoms with E-state index in [9.17, 15) is 9.59 Å². The molecule has 2 fully saturated rings. The largest absolute Gasteiger partial charge is 0.469 e. The predicted octanol–water partition coefficient (Wildman–Crippen LogP) is 0.929. The zero-order chi connectivity index (χ0) is 13.8. The highest BCUT2D eigenvalue weighted by molar-refractivity contribution is 5.73. The molecule has 5 nitrogen and oxygen atoms in total. The van der Waals surface area contributed by atoms with Crippen molar-refractivity contribution in [3.05, 3.63) is 0 Å². The van der Waals surface area contributed by atoms with Crippen molar-refractivity contribution in [3.63, 3.8) is 0 Å². The third-order valence-corrected chi connectivity index (χ3v) is 4.25.